The SMILES string of the molecule is CC1CCCC(N)(C(=O)NCCCN(C)C(C)C)C1. The van der Waals surface area contributed by atoms with E-state index >= 15 is 0 Å². The maximum absolute atomic E-state index is 12.2. The van der Waals surface area contributed by atoms with Gasteiger partial charge < -0.3 is 16.0 Å². The van der Waals surface area contributed by atoms with Crippen molar-refractivity contribution in [3.63, 3.8) is 0 Å². The maximum atomic E-state index is 12.2. The summed E-state index contributed by atoms with van der Waals surface area (Å²) in [7, 11) is 2.11. The van der Waals surface area contributed by atoms with Crippen LogP contribution in [0.2, 0.25) is 0 Å². The molecule has 0 heterocycles. The zero-order valence-corrected chi connectivity index (χ0v) is 13.0. The lowest BCUT2D eigenvalue weighted by Crippen LogP contribution is -2.56. The van der Waals surface area contributed by atoms with Gasteiger partial charge in [0.05, 0.1) is 5.54 Å². The zero-order chi connectivity index (χ0) is 14.5. The Morgan fingerprint density at radius 3 is 2.79 bits per heavy atom. The van der Waals surface area contributed by atoms with Gasteiger partial charge in [-0.15, -0.1) is 0 Å². The van der Waals surface area contributed by atoms with Crippen LogP contribution >= 0.6 is 0 Å². The number of carbonyl (C=O) groups excluding carboxylic acids is 1. The highest BCUT2D eigenvalue weighted by Gasteiger charge is 2.37. The van der Waals surface area contributed by atoms with E-state index in [9.17, 15) is 4.79 Å². The lowest BCUT2D eigenvalue weighted by molar-refractivity contribution is -0.128. The van der Waals surface area contributed by atoms with Gasteiger partial charge in [-0.2, -0.15) is 0 Å². The minimum Gasteiger partial charge on any atom is -0.354 e. The summed E-state index contributed by atoms with van der Waals surface area (Å²) >= 11 is 0. The van der Waals surface area contributed by atoms with Gasteiger partial charge in [-0.25, -0.2) is 0 Å². The van der Waals surface area contributed by atoms with Crippen molar-refractivity contribution in [1.29, 1.82) is 0 Å². The Balaban J connectivity index is 2.27. The standard InChI is InChI=1S/C15H31N3O/c1-12(2)18(4)10-6-9-17-14(19)15(16)8-5-7-13(3)11-15/h12-13H,5-11,16H2,1-4H3,(H,17,19). The van der Waals surface area contributed by atoms with Crippen LogP contribution in [-0.2, 0) is 4.79 Å². The highest BCUT2D eigenvalue weighted by Crippen LogP contribution is 2.30. The van der Waals surface area contributed by atoms with Gasteiger partial charge in [0, 0.05) is 12.6 Å². The van der Waals surface area contributed by atoms with E-state index in [2.05, 4.69) is 38.0 Å². The van der Waals surface area contributed by atoms with Crippen molar-refractivity contribution >= 4 is 5.91 Å². The molecule has 0 saturated heterocycles. The molecule has 0 aliphatic heterocycles. The summed E-state index contributed by atoms with van der Waals surface area (Å²) in [5, 5.41) is 3.02. The molecule has 112 valence electrons. The van der Waals surface area contributed by atoms with Crippen LogP contribution in [-0.4, -0.2) is 42.5 Å². The van der Waals surface area contributed by atoms with Crippen LogP contribution in [0.5, 0.6) is 0 Å². The van der Waals surface area contributed by atoms with Crippen LogP contribution in [0.15, 0.2) is 0 Å². The third-order valence-corrected chi connectivity index (χ3v) is 4.34. The summed E-state index contributed by atoms with van der Waals surface area (Å²) in [5.74, 6) is 0.614. The molecular formula is C15H31N3O. The van der Waals surface area contributed by atoms with Crippen LogP contribution in [0.25, 0.3) is 0 Å². The van der Waals surface area contributed by atoms with Gasteiger partial charge >= 0.3 is 0 Å². The molecule has 0 radical (unpaired) electrons. The van der Waals surface area contributed by atoms with Crippen molar-refractivity contribution in [2.45, 2.75) is 64.5 Å². The first-order chi connectivity index (χ1) is 8.85. The van der Waals surface area contributed by atoms with Gasteiger partial charge in [0.25, 0.3) is 0 Å². The van der Waals surface area contributed by atoms with E-state index in [0.717, 1.165) is 38.8 Å². The van der Waals surface area contributed by atoms with E-state index in [1.165, 1.54) is 6.42 Å². The minimum absolute atomic E-state index is 0.0475. The average Bonchev–Trinajstić information content (AvgIpc) is 2.33. The Kier molecular flexibility index (Phi) is 6.27. The second-order valence-corrected chi connectivity index (χ2v) is 6.54. The highest BCUT2D eigenvalue weighted by atomic mass is 16.2. The molecule has 2 unspecified atom stereocenters. The molecular weight excluding hydrogens is 238 g/mol. The summed E-state index contributed by atoms with van der Waals surface area (Å²) in [5.41, 5.74) is 5.64. The first kappa shape index (κ1) is 16.4. The number of carbonyl (C=O) groups is 1. The molecule has 19 heavy (non-hydrogen) atoms. The van der Waals surface area contributed by atoms with Crippen molar-refractivity contribution in [1.82, 2.24) is 10.2 Å². The molecule has 1 fully saturated rings. The molecule has 1 aliphatic rings. The quantitative estimate of drug-likeness (QED) is 0.722. The van der Waals surface area contributed by atoms with Crippen molar-refractivity contribution in [2.75, 3.05) is 20.1 Å². The Labute approximate surface area is 118 Å². The van der Waals surface area contributed by atoms with Crippen LogP contribution < -0.4 is 11.1 Å². The van der Waals surface area contributed by atoms with E-state index in [1.807, 2.05) is 0 Å². The van der Waals surface area contributed by atoms with E-state index in [1.54, 1.807) is 0 Å². The molecule has 1 amide bonds. The van der Waals surface area contributed by atoms with Crippen LogP contribution in [0.3, 0.4) is 0 Å². The fourth-order valence-electron chi connectivity index (χ4n) is 2.76. The number of amides is 1. The van der Waals surface area contributed by atoms with Crippen LogP contribution in [0.4, 0.5) is 0 Å². The molecule has 0 aromatic carbocycles. The summed E-state index contributed by atoms with van der Waals surface area (Å²) in [6, 6.07) is 0.552. The first-order valence-electron chi connectivity index (χ1n) is 7.62. The van der Waals surface area contributed by atoms with Gasteiger partial charge in [-0.3, -0.25) is 4.79 Å². The number of rotatable bonds is 6. The molecule has 0 bridgehead atoms. The summed E-state index contributed by atoms with van der Waals surface area (Å²) in [6.07, 6.45) is 4.90. The van der Waals surface area contributed by atoms with Crippen molar-refractivity contribution in [3.8, 4) is 0 Å². The summed E-state index contributed by atoms with van der Waals surface area (Å²) in [4.78, 5) is 14.5. The molecule has 0 aromatic rings. The molecule has 4 nitrogen and oxygen atoms in total. The van der Waals surface area contributed by atoms with Crippen molar-refractivity contribution in [2.24, 2.45) is 11.7 Å². The second kappa shape index (κ2) is 7.25. The Morgan fingerprint density at radius 1 is 1.53 bits per heavy atom. The van der Waals surface area contributed by atoms with Gasteiger partial charge in [-0.1, -0.05) is 19.8 Å². The van der Waals surface area contributed by atoms with Crippen molar-refractivity contribution < 1.29 is 4.79 Å². The lowest BCUT2D eigenvalue weighted by atomic mass is 9.76. The molecule has 1 saturated carbocycles. The Bertz CT molecular complexity index is 293. The molecule has 2 atom stereocenters. The van der Waals surface area contributed by atoms with Gasteiger partial charge in [0.1, 0.15) is 0 Å². The first-order valence-corrected chi connectivity index (χ1v) is 7.62. The molecule has 1 aliphatic carbocycles. The van der Waals surface area contributed by atoms with Crippen molar-refractivity contribution in [3.05, 3.63) is 0 Å². The number of hydrogen-bond acceptors (Lipinski definition) is 3. The lowest BCUT2D eigenvalue weighted by Gasteiger charge is -2.35. The Morgan fingerprint density at radius 2 is 2.21 bits per heavy atom. The summed E-state index contributed by atoms with van der Waals surface area (Å²) < 4.78 is 0. The van der Waals surface area contributed by atoms with E-state index in [-0.39, 0.29) is 5.91 Å². The Hall–Kier alpha value is -0.610. The number of nitrogens with zero attached hydrogens (tertiary/aromatic N) is 1. The molecule has 0 spiro atoms. The number of nitrogens with two attached hydrogens (primary N) is 1. The van der Waals surface area contributed by atoms with E-state index < -0.39 is 5.54 Å². The fraction of sp³-hybridized carbons (Fsp3) is 0.933. The number of hydrogen-bond donors (Lipinski definition) is 2. The maximum Gasteiger partial charge on any atom is 0.240 e. The third-order valence-electron chi connectivity index (χ3n) is 4.34. The van der Waals surface area contributed by atoms with E-state index in [4.69, 9.17) is 5.73 Å². The largest absolute Gasteiger partial charge is 0.354 e. The number of nitrogens with one attached hydrogen (secondary N) is 1. The minimum atomic E-state index is -0.623. The monoisotopic (exact) mass is 269 g/mol. The molecule has 3 N–H and O–H groups in total. The normalized spacial score (nSPS) is 27.8. The predicted molar refractivity (Wildman–Crippen MR) is 79.9 cm³/mol. The van der Waals surface area contributed by atoms with Gasteiger partial charge in [-0.05, 0) is 52.6 Å². The highest BCUT2D eigenvalue weighted by molar-refractivity contribution is 5.86. The molecule has 1 rings (SSSR count). The summed E-state index contributed by atoms with van der Waals surface area (Å²) in [6.45, 7) is 8.27. The second-order valence-electron chi connectivity index (χ2n) is 6.54. The van der Waals surface area contributed by atoms with Gasteiger partial charge in [0.15, 0.2) is 0 Å². The predicted octanol–water partition coefficient (Wildman–Crippen LogP) is 1.74. The van der Waals surface area contributed by atoms with Crippen LogP contribution in [0, 0.1) is 5.92 Å². The van der Waals surface area contributed by atoms with E-state index in [0.29, 0.717) is 12.0 Å². The fourth-order valence-corrected chi connectivity index (χ4v) is 2.76. The zero-order valence-electron chi connectivity index (χ0n) is 13.0. The molecule has 0 aromatic heterocycles. The average molecular weight is 269 g/mol. The van der Waals surface area contributed by atoms with Crippen LogP contribution in [0.1, 0.15) is 52.9 Å². The smallest absolute Gasteiger partial charge is 0.240 e. The molecule has 4 heteroatoms. The third kappa shape index (κ3) is 5.11. The topological polar surface area (TPSA) is 58.4 Å². The van der Waals surface area contributed by atoms with Gasteiger partial charge in [0.2, 0.25) is 5.91 Å².